The fraction of sp³-hybridized carbons (Fsp3) is 0.333. The Kier molecular flexibility index (Phi) is 5.24. The Morgan fingerprint density at radius 2 is 1.90 bits per heavy atom. The number of nitrogens with zero attached hydrogens (tertiary/aromatic N) is 4. The van der Waals surface area contributed by atoms with Gasteiger partial charge in [-0.05, 0) is 63.1 Å². The van der Waals surface area contributed by atoms with Crippen LogP contribution in [-0.4, -0.2) is 50.2 Å². The number of aromatic amines is 1. The number of rotatable bonds is 4. The first-order valence-corrected chi connectivity index (χ1v) is 9.57. The summed E-state index contributed by atoms with van der Waals surface area (Å²) in [6, 6.07) is 9.93. The second kappa shape index (κ2) is 7.98. The zero-order valence-corrected chi connectivity index (χ0v) is 16.4. The second-order valence-electron chi connectivity index (χ2n) is 7.24. The molecule has 1 fully saturated rings. The summed E-state index contributed by atoms with van der Waals surface area (Å²) in [6.45, 7) is 4.90. The molecule has 2 aromatic heterocycles. The van der Waals surface area contributed by atoms with Gasteiger partial charge in [0.25, 0.3) is 5.91 Å². The molecule has 1 aromatic carbocycles. The number of hydrogen-bond acceptors (Lipinski definition) is 5. The largest absolute Gasteiger partial charge is 0.458 e. The van der Waals surface area contributed by atoms with Crippen molar-refractivity contribution in [2.45, 2.75) is 32.8 Å². The molecule has 1 atom stereocenters. The predicted molar refractivity (Wildman–Crippen MR) is 105 cm³/mol. The van der Waals surface area contributed by atoms with Crippen molar-refractivity contribution < 1.29 is 13.9 Å². The molecule has 1 saturated heterocycles. The van der Waals surface area contributed by atoms with Gasteiger partial charge >= 0.3 is 6.01 Å². The molecular weight excluding hydrogens is 373 g/mol. The van der Waals surface area contributed by atoms with Crippen molar-refractivity contribution in [1.29, 1.82) is 0 Å². The zero-order valence-electron chi connectivity index (χ0n) is 16.4. The Hall–Kier alpha value is -3.29. The van der Waals surface area contributed by atoms with Gasteiger partial charge in [-0.25, -0.2) is 14.4 Å². The van der Waals surface area contributed by atoms with Gasteiger partial charge in [-0.2, -0.15) is 5.10 Å². The number of likely N-dealkylation sites (tertiary alicyclic amines) is 1. The van der Waals surface area contributed by atoms with Crippen LogP contribution >= 0.6 is 0 Å². The van der Waals surface area contributed by atoms with Crippen molar-refractivity contribution in [3.05, 3.63) is 59.3 Å². The van der Waals surface area contributed by atoms with Gasteiger partial charge < -0.3 is 9.64 Å². The molecule has 1 N–H and O–H groups in total. The molecule has 1 aliphatic heterocycles. The maximum Gasteiger partial charge on any atom is 0.317 e. The molecule has 0 bridgehead atoms. The summed E-state index contributed by atoms with van der Waals surface area (Å²) >= 11 is 0. The molecule has 0 radical (unpaired) electrons. The van der Waals surface area contributed by atoms with Crippen molar-refractivity contribution in [3.63, 3.8) is 0 Å². The van der Waals surface area contributed by atoms with Crippen LogP contribution < -0.4 is 4.74 Å². The number of aryl methyl sites for hydroxylation is 2. The SMILES string of the molecule is Cc1cc(C)nc(OC2CCCN(C(=O)c3cc(-c4ccc(F)cc4)n[nH]3)C2)n1. The minimum atomic E-state index is -0.312. The van der Waals surface area contributed by atoms with E-state index in [2.05, 4.69) is 20.2 Å². The third-order valence-electron chi connectivity index (χ3n) is 4.85. The van der Waals surface area contributed by atoms with Crippen molar-refractivity contribution >= 4 is 5.91 Å². The number of amides is 1. The highest BCUT2D eigenvalue weighted by Gasteiger charge is 2.27. The Morgan fingerprint density at radius 3 is 2.62 bits per heavy atom. The van der Waals surface area contributed by atoms with Gasteiger partial charge in [-0.1, -0.05) is 0 Å². The lowest BCUT2D eigenvalue weighted by molar-refractivity contribution is 0.0510. The average molecular weight is 395 g/mol. The van der Waals surface area contributed by atoms with Gasteiger partial charge in [0.05, 0.1) is 12.2 Å². The summed E-state index contributed by atoms with van der Waals surface area (Å²) in [5, 5.41) is 6.99. The molecule has 7 nitrogen and oxygen atoms in total. The van der Waals surface area contributed by atoms with E-state index in [4.69, 9.17) is 4.74 Å². The van der Waals surface area contributed by atoms with E-state index in [0.717, 1.165) is 29.8 Å². The smallest absolute Gasteiger partial charge is 0.317 e. The van der Waals surface area contributed by atoms with E-state index in [1.54, 1.807) is 23.1 Å². The number of piperidine rings is 1. The number of hydrogen-bond donors (Lipinski definition) is 1. The maximum absolute atomic E-state index is 13.1. The first-order chi connectivity index (χ1) is 14.0. The van der Waals surface area contributed by atoms with Crippen LogP contribution in [-0.2, 0) is 0 Å². The number of ether oxygens (including phenoxy) is 1. The highest BCUT2D eigenvalue weighted by atomic mass is 19.1. The van der Waals surface area contributed by atoms with E-state index >= 15 is 0 Å². The van der Waals surface area contributed by atoms with Gasteiger partial charge in [0.15, 0.2) is 0 Å². The normalized spacial score (nSPS) is 16.7. The van der Waals surface area contributed by atoms with Crippen LogP contribution in [0.2, 0.25) is 0 Å². The molecule has 4 rings (SSSR count). The first kappa shape index (κ1) is 19.0. The number of nitrogens with one attached hydrogen (secondary N) is 1. The lowest BCUT2D eigenvalue weighted by atomic mass is 10.1. The summed E-state index contributed by atoms with van der Waals surface area (Å²) in [6.07, 6.45) is 1.51. The van der Waals surface area contributed by atoms with E-state index in [1.165, 1.54) is 12.1 Å². The van der Waals surface area contributed by atoms with Crippen LogP contribution in [0.15, 0.2) is 36.4 Å². The van der Waals surface area contributed by atoms with Crippen LogP contribution in [0.5, 0.6) is 6.01 Å². The molecular formula is C21H22FN5O2. The topological polar surface area (TPSA) is 84.0 Å². The van der Waals surface area contributed by atoms with Gasteiger partial charge in [-0.3, -0.25) is 9.89 Å². The number of halogens is 1. The zero-order chi connectivity index (χ0) is 20.4. The Morgan fingerprint density at radius 1 is 1.17 bits per heavy atom. The lowest BCUT2D eigenvalue weighted by Gasteiger charge is -2.32. The van der Waals surface area contributed by atoms with Crippen LogP contribution in [0.4, 0.5) is 4.39 Å². The summed E-state index contributed by atoms with van der Waals surface area (Å²) in [5.74, 6) is -0.451. The third-order valence-corrected chi connectivity index (χ3v) is 4.85. The summed E-state index contributed by atoms with van der Waals surface area (Å²) in [7, 11) is 0. The number of carbonyl (C=O) groups is 1. The van der Waals surface area contributed by atoms with Crippen LogP contribution in [0.1, 0.15) is 34.7 Å². The third kappa shape index (κ3) is 4.42. The van der Waals surface area contributed by atoms with Crippen molar-refractivity contribution in [1.82, 2.24) is 25.1 Å². The van der Waals surface area contributed by atoms with Crippen molar-refractivity contribution in [2.24, 2.45) is 0 Å². The maximum atomic E-state index is 13.1. The first-order valence-electron chi connectivity index (χ1n) is 9.57. The Bertz CT molecular complexity index is 998. The average Bonchev–Trinajstić information content (AvgIpc) is 3.17. The molecule has 0 aliphatic carbocycles. The monoisotopic (exact) mass is 395 g/mol. The van der Waals surface area contributed by atoms with E-state index in [-0.39, 0.29) is 17.8 Å². The molecule has 8 heteroatoms. The van der Waals surface area contributed by atoms with E-state index in [9.17, 15) is 9.18 Å². The van der Waals surface area contributed by atoms with Gasteiger partial charge in [0, 0.05) is 23.5 Å². The number of benzene rings is 1. The molecule has 0 spiro atoms. The lowest BCUT2D eigenvalue weighted by Crippen LogP contribution is -2.44. The molecule has 1 unspecified atom stereocenters. The van der Waals surface area contributed by atoms with Crippen LogP contribution in [0.3, 0.4) is 0 Å². The summed E-state index contributed by atoms with van der Waals surface area (Å²) in [4.78, 5) is 23.3. The fourth-order valence-electron chi connectivity index (χ4n) is 3.48. The Balaban J connectivity index is 1.44. The van der Waals surface area contributed by atoms with Gasteiger partial charge in [0.1, 0.15) is 17.6 Å². The fourth-order valence-corrected chi connectivity index (χ4v) is 3.48. The van der Waals surface area contributed by atoms with Gasteiger partial charge in [-0.15, -0.1) is 0 Å². The number of H-pyrrole nitrogens is 1. The van der Waals surface area contributed by atoms with Gasteiger partial charge in [0.2, 0.25) is 0 Å². The molecule has 1 aliphatic rings. The van der Waals surface area contributed by atoms with E-state index < -0.39 is 0 Å². The Labute approximate surface area is 167 Å². The summed E-state index contributed by atoms with van der Waals surface area (Å²) < 4.78 is 19.0. The molecule has 0 saturated carbocycles. The highest BCUT2D eigenvalue weighted by Crippen LogP contribution is 2.21. The quantitative estimate of drug-likeness (QED) is 0.733. The number of carbonyl (C=O) groups excluding carboxylic acids is 1. The summed E-state index contributed by atoms with van der Waals surface area (Å²) in [5.41, 5.74) is 3.44. The molecule has 3 aromatic rings. The number of aromatic nitrogens is 4. The standard InChI is InChI=1S/C21H22FN5O2/c1-13-10-14(2)24-21(23-13)29-17-4-3-9-27(12-17)20(28)19-11-18(25-26-19)15-5-7-16(22)8-6-15/h5-8,10-11,17H,3-4,9,12H2,1-2H3,(H,25,26). The highest BCUT2D eigenvalue weighted by molar-refractivity contribution is 5.93. The minimum absolute atomic E-state index is 0.138. The molecule has 29 heavy (non-hydrogen) atoms. The van der Waals surface area contributed by atoms with Crippen molar-refractivity contribution in [3.8, 4) is 17.3 Å². The minimum Gasteiger partial charge on any atom is -0.458 e. The molecule has 1 amide bonds. The van der Waals surface area contributed by atoms with Crippen molar-refractivity contribution in [2.75, 3.05) is 13.1 Å². The predicted octanol–water partition coefficient (Wildman–Crippen LogP) is 3.31. The van der Waals surface area contributed by atoms with E-state index in [0.29, 0.717) is 30.5 Å². The second-order valence-corrected chi connectivity index (χ2v) is 7.24. The molecule has 150 valence electrons. The molecule has 3 heterocycles. The van der Waals surface area contributed by atoms with E-state index in [1.807, 2.05) is 19.9 Å². The van der Waals surface area contributed by atoms with Crippen LogP contribution in [0.25, 0.3) is 11.3 Å². The van der Waals surface area contributed by atoms with Crippen LogP contribution in [0, 0.1) is 19.7 Å².